The van der Waals surface area contributed by atoms with Crippen LogP contribution in [-0.2, 0) is 9.09 Å². The highest BCUT2D eigenvalue weighted by atomic mass is 31.1. The van der Waals surface area contributed by atoms with Crippen LogP contribution in [0.1, 0.15) is 38.5 Å². The molecule has 0 amide bonds. The first-order valence-corrected chi connectivity index (χ1v) is 6.18. The van der Waals surface area contributed by atoms with Crippen LogP contribution in [0.5, 0.6) is 0 Å². The fourth-order valence-electron chi connectivity index (χ4n) is 1.86. The molecule has 1 saturated carbocycles. The van der Waals surface area contributed by atoms with E-state index in [0.29, 0.717) is 0 Å². The van der Waals surface area contributed by atoms with Crippen LogP contribution < -0.4 is 0 Å². The summed E-state index contributed by atoms with van der Waals surface area (Å²) in [6.07, 6.45) is 8.68. The van der Waals surface area contributed by atoms with Gasteiger partial charge in [0, 0.05) is 0 Å². The van der Waals surface area contributed by atoms with E-state index in [9.17, 15) is 4.57 Å². The van der Waals surface area contributed by atoms with Gasteiger partial charge in [0.1, 0.15) is 0 Å². The normalized spacial score (nSPS) is 20.9. The molecule has 70 valence electrons. The van der Waals surface area contributed by atoms with Gasteiger partial charge in [-0.25, -0.2) is 0 Å². The average Bonchev–Trinajstić information content (AvgIpc) is 2.16. The van der Waals surface area contributed by atoms with Gasteiger partial charge in [-0.3, -0.25) is 0 Å². The molecule has 0 aromatic carbocycles. The van der Waals surface area contributed by atoms with Crippen molar-refractivity contribution in [2.45, 2.75) is 38.5 Å². The number of hydrogen-bond donors (Lipinski definition) is 0. The van der Waals surface area contributed by atoms with Crippen LogP contribution in [0, 0.1) is 5.92 Å². The predicted octanol–water partition coefficient (Wildman–Crippen LogP) is 3.35. The lowest BCUT2D eigenvalue weighted by molar-refractivity contribution is 0.344. The van der Waals surface area contributed by atoms with E-state index in [4.69, 9.17) is 4.52 Å². The van der Waals surface area contributed by atoms with Crippen molar-refractivity contribution in [1.82, 2.24) is 0 Å². The van der Waals surface area contributed by atoms with Gasteiger partial charge >= 0.3 is 8.03 Å². The molecule has 0 aromatic heterocycles. The molecule has 0 spiro atoms. The molecule has 3 heteroatoms. The second-order valence-electron chi connectivity index (χ2n) is 3.53. The first-order chi connectivity index (χ1) is 5.83. The van der Waals surface area contributed by atoms with Gasteiger partial charge in [-0.1, -0.05) is 32.1 Å². The molecule has 0 bridgehead atoms. The van der Waals surface area contributed by atoms with Gasteiger partial charge in [-0.2, -0.15) is 0 Å². The molecule has 12 heavy (non-hydrogen) atoms. The zero-order valence-corrected chi connectivity index (χ0v) is 8.69. The highest BCUT2D eigenvalue weighted by Gasteiger charge is 2.20. The third kappa shape index (κ3) is 3.64. The SMILES string of the molecule is CO[P+](=O)CCC1CCCCC1. The van der Waals surface area contributed by atoms with Crippen LogP contribution in [0.15, 0.2) is 0 Å². The molecule has 1 atom stereocenters. The molecule has 0 aromatic rings. The lowest BCUT2D eigenvalue weighted by Gasteiger charge is -2.19. The molecule has 1 fully saturated rings. The minimum absolute atomic E-state index is 0.760. The van der Waals surface area contributed by atoms with Crippen molar-refractivity contribution in [2.75, 3.05) is 13.3 Å². The van der Waals surface area contributed by atoms with Crippen molar-refractivity contribution in [1.29, 1.82) is 0 Å². The van der Waals surface area contributed by atoms with E-state index < -0.39 is 8.03 Å². The summed E-state index contributed by atoms with van der Waals surface area (Å²) in [5.41, 5.74) is 0. The van der Waals surface area contributed by atoms with Crippen molar-refractivity contribution >= 4 is 8.03 Å². The summed E-state index contributed by atoms with van der Waals surface area (Å²) in [6, 6.07) is 0. The fraction of sp³-hybridized carbons (Fsp3) is 1.00. The van der Waals surface area contributed by atoms with E-state index in [1.807, 2.05) is 0 Å². The van der Waals surface area contributed by atoms with E-state index in [1.165, 1.54) is 39.2 Å². The second kappa shape index (κ2) is 5.66. The summed E-state index contributed by atoms with van der Waals surface area (Å²) in [7, 11) is 0.174. The maximum atomic E-state index is 11.0. The molecule has 0 heterocycles. The third-order valence-electron chi connectivity index (χ3n) is 2.65. The molecule has 0 aliphatic heterocycles. The Morgan fingerprint density at radius 3 is 2.58 bits per heavy atom. The maximum Gasteiger partial charge on any atom is 0.507 e. The van der Waals surface area contributed by atoms with E-state index in [2.05, 4.69) is 0 Å². The Morgan fingerprint density at radius 2 is 2.00 bits per heavy atom. The Labute approximate surface area is 75.6 Å². The van der Waals surface area contributed by atoms with Gasteiger partial charge in [-0.15, -0.1) is 4.52 Å². The molecule has 0 radical (unpaired) electrons. The van der Waals surface area contributed by atoms with Crippen LogP contribution in [0.25, 0.3) is 0 Å². The fourth-order valence-corrected chi connectivity index (χ4v) is 2.61. The highest BCUT2D eigenvalue weighted by Crippen LogP contribution is 2.30. The van der Waals surface area contributed by atoms with Crippen molar-refractivity contribution in [3.63, 3.8) is 0 Å². The summed E-state index contributed by atoms with van der Waals surface area (Å²) in [5.74, 6) is 0.827. The smallest absolute Gasteiger partial charge is 0.150 e. The van der Waals surface area contributed by atoms with Gasteiger partial charge in [0.25, 0.3) is 0 Å². The molecular formula is C9H18O2P+. The zero-order chi connectivity index (χ0) is 8.81. The highest BCUT2D eigenvalue weighted by molar-refractivity contribution is 7.39. The Balaban J connectivity index is 2.09. The molecule has 1 rings (SSSR count). The summed E-state index contributed by atoms with van der Waals surface area (Å²) >= 11 is 0. The lowest BCUT2D eigenvalue weighted by atomic mass is 9.88. The van der Waals surface area contributed by atoms with Crippen LogP contribution in [0.4, 0.5) is 0 Å². The molecule has 1 unspecified atom stereocenters. The Hall–Kier alpha value is 0.0600. The largest absolute Gasteiger partial charge is 0.507 e. The van der Waals surface area contributed by atoms with E-state index >= 15 is 0 Å². The van der Waals surface area contributed by atoms with Crippen molar-refractivity contribution in [2.24, 2.45) is 5.92 Å². The van der Waals surface area contributed by atoms with Gasteiger partial charge in [0.05, 0.1) is 7.11 Å². The summed E-state index contributed by atoms with van der Waals surface area (Å²) in [4.78, 5) is 0. The Bertz CT molecular complexity index is 141. The maximum absolute atomic E-state index is 11.0. The van der Waals surface area contributed by atoms with Crippen LogP contribution in [0.2, 0.25) is 0 Å². The van der Waals surface area contributed by atoms with E-state index in [-0.39, 0.29) is 0 Å². The third-order valence-corrected chi connectivity index (χ3v) is 3.68. The minimum Gasteiger partial charge on any atom is -0.150 e. The summed E-state index contributed by atoms with van der Waals surface area (Å²) in [5, 5.41) is 0. The van der Waals surface area contributed by atoms with Crippen molar-refractivity contribution in [3.8, 4) is 0 Å². The van der Waals surface area contributed by atoms with E-state index in [0.717, 1.165) is 18.5 Å². The van der Waals surface area contributed by atoms with Gasteiger partial charge < -0.3 is 0 Å². The Kier molecular flexibility index (Phi) is 4.79. The number of hydrogen-bond acceptors (Lipinski definition) is 2. The Morgan fingerprint density at radius 1 is 1.33 bits per heavy atom. The van der Waals surface area contributed by atoms with Crippen LogP contribution in [0.3, 0.4) is 0 Å². The quantitative estimate of drug-likeness (QED) is 0.634. The predicted molar refractivity (Wildman–Crippen MR) is 50.7 cm³/mol. The molecule has 0 N–H and O–H groups in total. The molecule has 1 aliphatic carbocycles. The second-order valence-corrected chi connectivity index (χ2v) is 5.01. The first-order valence-electron chi connectivity index (χ1n) is 4.81. The van der Waals surface area contributed by atoms with Gasteiger partial charge in [0.15, 0.2) is 6.16 Å². The lowest BCUT2D eigenvalue weighted by Crippen LogP contribution is -2.06. The molecule has 0 saturated heterocycles. The first kappa shape index (κ1) is 10.1. The molecule has 1 aliphatic rings. The summed E-state index contributed by atoms with van der Waals surface area (Å²) in [6.45, 7) is 0. The van der Waals surface area contributed by atoms with Crippen LogP contribution >= 0.6 is 8.03 Å². The average molecular weight is 189 g/mol. The standard InChI is InChI=1S/C9H18O2P/c1-11-12(10)8-7-9-5-3-2-4-6-9/h9H,2-8H2,1H3/q+1. The van der Waals surface area contributed by atoms with Gasteiger partial charge in [0.2, 0.25) is 0 Å². The number of rotatable bonds is 4. The summed E-state index contributed by atoms with van der Waals surface area (Å²) < 4.78 is 15.7. The van der Waals surface area contributed by atoms with Gasteiger partial charge in [-0.05, 0) is 16.9 Å². The van der Waals surface area contributed by atoms with Crippen molar-refractivity contribution in [3.05, 3.63) is 0 Å². The molecule has 2 nitrogen and oxygen atoms in total. The van der Waals surface area contributed by atoms with Crippen molar-refractivity contribution < 1.29 is 9.09 Å². The topological polar surface area (TPSA) is 26.3 Å². The monoisotopic (exact) mass is 189 g/mol. The van der Waals surface area contributed by atoms with Crippen LogP contribution in [-0.4, -0.2) is 13.3 Å². The van der Waals surface area contributed by atoms with E-state index in [1.54, 1.807) is 0 Å². The zero-order valence-electron chi connectivity index (χ0n) is 7.79. The minimum atomic E-state index is -1.35. The molecular weight excluding hydrogens is 171 g/mol.